The Bertz CT molecular complexity index is 661. The number of anilines is 1. The molecular formula is C13H15NO4S. The van der Waals surface area contributed by atoms with Gasteiger partial charge in [0.1, 0.15) is 12.4 Å². The highest BCUT2D eigenvalue weighted by molar-refractivity contribution is 7.92. The van der Waals surface area contributed by atoms with Crippen LogP contribution in [0.3, 0.4) is 0 Å². The topological polar surface area (TPSA) is 79.5 Å². The third-order valence-corrected chi connectivity index (χ3v) is 3.94. The van der Waals surface area contributed by atoms with Gasteiger partial charge in [-0.1, -0.05) is 25.1 Å². The number of aryl methyl sites for hydroxylation is 1. The summed E-state index contributed by atoms with van der Waals surface area (Å²) in [5, 5.41) is 8.67. The maximum absolute atomic E-state index is 12.1. The summed E-state index contributed by atoms with van der Waals surface area (Å²) in [4.78, 5) is 0. The highest BCUT2D eigenvalue weighted by Crippen LogP contribution is 2.21. The summed E-state index contributed by atoms with van der Waals surface area (Å²) in [5.74, 6) is 0.212. The Labute approximate surface area is 111 Å². The van der Waals surface area contributed by atoms with Gasteiger partial charge in [0, 0.05) is 0 Å². The second kappa shape index (κ2) is 5.46. The molecule has 102 valence electrons. The van der Waals surface area contributed by atoms with Crippen molar-refractivity contribution >= 4 is 15.7 Å². The van der Waals surface area contributed by atoms with Gasteiger partial charge in [-0.15, -0.1) is 0 Å². The molecule has 5 nitrogen and oxygen atoms in total. The number of aliphatic hydroxyl groups is 1. The number of hydrogen-bond donors (Lipinski definition) is 2. The molecule has 0 aliphatic heterocycles. The Morgan fingerprint density at radius 2 is 1.95 bits per heavy atom. The summed E-state index contributed by atoms with van der Waals surface area (Å²) in [6.45, 7) is 1.62. The van der Waals surface area contributed by atoms with Gasteiger partial charge in [-0.2, -0.15) is 8.42 Å². The van der Waals surface area contributed by atoms with Crippen molar-refractivity contribution in [3.8, 4) is 0 Å². The summed E-state index contributed by atoms with van der Waals surface area (Å²) in [6.07, 6.45) is 0.721. The second-order valence-corrected chi connectivity index (χ2v) is 5.61. The van der Waals surface area contributed by atoms with E-state index < -0.39 is 10.0 Å². The number of rotatable bonds is 5. The van der Waals surface area contributed by atoms with Crippen LogP contribution in [0.2, 0.25) is 0 Å². The van der Waals surface area contributed by atoms with Gasteiger partial charge in [-0.25, -0.2) is 0 Å². The number of hydrogen-bond acceptors (Lipinski definition) is 4. The molecule has 0 saturated heterocycles. The molecule has 0 radical (unpaired) electrons. The molecule has 0 saturated carbocycles. The van der Waals surface area contributed by atoms with Crippen LogP contribution in [0.5, 0.6) is 0 Å². The summed E-state index contributed by atoms with van der Waals surface area (Å²) in [6, 6.07) is 9.93. The van der Waals surface area contributed by atoms with Crippen molar-refractivity contribution < 1.29 is 17.9 Å². The average Bonchev–Trinajstić information content (AvgIpc) is 2.88. The first-order valence-corrected chi connectivity index (χ1v) is 7.35. The monoisotopic (exact) mass is 281 g/mol. The van der Waals surface area contributed by atoms with E-state index in [0.29, 0.717) is 5.69 Å². The van der Waals surface area contributed by atoms with Gasteiger partial charge in [0.05, 0.1) is 5.69 Å². The van der Waals surface area contributed by atoms with Crippen molar-refractivity contribution in [1.29, 1.82) is 0 Å². The molecule has 0 atom stereocenters. The van der Waals surface area contributed by atoms with Gasteiger partial charge in [0.15, 0.2) is 0 Å². The molecule has 6 heteroatoms. The molecule has 0 amide bonds. The van der Waals surface area contributed by atoms with Crippen LogP contribution in [-0.2, 0) is 23.1 Å². The van der Waals surface area contributed by atoms with Crippen LogP contribution in [0.15, 0.2) is 45.9 Å². The van der Waals surface area contributed by atoms with Gasteiger partial charge in [-0.05, 0) is 30.2 Å². The number of nitrogens with one attached hydrogen (secondary N) is 1. The van der Waals surface area contributed by atoms with Crippen LogP contribution in [0.1, 0.15) is 18.2 Å². The molecule has 2 rings (SSSR count). The lowest BCUT2D eigenvalue weighted by atomic mass is 10.1. The zero-order valence-corrected chi connectivity index (χ0v) is 11.3. The van der Waals surface area contributed by atoms with Gasteiger partial charge in [0.2, 0.25) is 5.09 Å². The number of furan rings is 1. The first kappa shape index (κ1) is 13.6. The van der Waals surface area contributed by atoms with Crippen molar-refractivity contribution in [1.82, 2.24) is 0 Å². The fourth-order valence-electron chi connectivity index (χ4n) is 1.71. The minimum absolute atomic E-state index is 0.206. The number of sulfonamides is 1. The normalized spacial score (nSPS) is 11.5. The van der Waals surface area contributed by atoms with E-state index in [-0.39, 0.29) is 17.5 Å². The fraction of sp³-hybridized carbons (Fsp3) is 0.231. The van der Waals surface area contributed by atoms with Crippen molar-refractivity contribution in [2.24, 2.45) is 0 Å². The van der Waals surface area contributed by atoms with Crippen LogP contribution in [-0.4, -0.2) is 13.5 Å². The van der Waals surface area contributed by atoms with Crippen LogP contribution < -0.4 is 4.72 Å². The van der Waals surface area contributed by atoms with Crippen molar-refractivity contribution in [3.63, 3.8) is 0 Å². The van der Waals surface area contributed by atoms with Crippen molar-refractivity contribution in [3.05, 3.63) is 47.7 Å². The van der Waals surface area contributed by atoms with Crippen molar-refractivity contribution in [2.75, 3.05) is 4.72 Å². The summed E-state index contributed by atoms with van der Waals surface area (Å²) in [5.41, 5.74) is 1.44. The second-order valence-electron chi connectivity index (χ2n) is 4.00. The van der Waals surface area contributed by atoms with Crippen LogP contribution in [0, 0.1) is 0 Å². The van der Waals surface area contributed by atoms with Crippen molar-refractivity contribution in [2.45, 2.75) is 25.0 Å². The minimum Gasteiger partial charge on any atom is -0.445 e. The smallest absolute Gasteiger partial charge is 0.295 e. The number of para-hydroxylation sites is 1. The van der Waals surface area contributed by atoms with Gasteiger partial charge >= 0.3 is 0 Å². The van der Waals surface area contributed by atoms with E-state index in [1.807, 2.05) is 19.1 Å². The number of aliphatic hydroxyl groups excluding tert-OH is 1. The Morgan fingerprint density at radius 3 is 2.58 bits per heavy atom. The Morgan fingerprint density at radius 1 is 1.21 bits per heavy atom. The predicted molar refractivity (Wildman–Crippen MR) is 71.3 cm³/mol. The van der Waals surface area contributed by atoms with E-state index in [9.17, 15) is 8.42 Å². The third kappa shape index (κ3) is 2.97. The SMILES string of the molecule is CCc1ccccc1NS(=O)(=O)c1ccc(CO)o1. The lowest BCUT2D eigenvalue weighted by Crippen LogP contribution is -2.13. The van der Waals surface area contributed by atoms with E-state index in [4.69, 9.17) is 9.52 Å². The minimum atomic E-state index is -3.76. The molecule has 0 fully saturated rings. The summed E-state index contributed by atoms with van der Waals surface area (Å²) in [7, 11) is -3.76. The molecule has 19 heavy (non-hydrogen) atoms. The van der Waals surface area contributed by atoms with Crippen LogP contribution in [0.25, 0.3) is 0 Å². The molecule has 1 heterocycles. The lowest BCUT2D eigenvalue weighted by Gasteiger charge is -2.09. The Balaban J connectivity index is 2.31. The molecule has 0 aliphatic rings. The molecule has 0 bridgehead atoms. The first-order valence-electron chi connectivity index (χ1n) is 5.87. The highest BCUT2D eigenvalue weighted by atomic mass is 32.2. The molecule has 2 aromatic rings. The predicted octanol–water partition coefficient (Wildman–Crippen LogP) is 2.14. The first-order chi connectivity index (χ1) is 9.06. The lowest BCUT2D eigenvalue weighted by molar-refractivity contribution is 0.236. The summed E-state index contributed by atoms with van der Waals surface area (Å²) >= 11 is 0. The quantitative estimate of drug-likeness (QED) is 0.880. The van der Waals surface area contributed by atoms with E-state index in [0.717, 1.165) is 12.0 Å². The Kier molecular flexibility index (Phi) is 3.92. The maximum Gasteiger partial charge on any atom is 0.295 e. The molecule has 1 aromatic heterocycles. The molecule has 1 aromatic carbocycles. The van der Waals surface area contributed by atoms with E-state index in [2.05, 4.69) is 4.72 Å². The van der Waals surface area contributed by atoms with E-state index in [1.165, 1.54) is 12.1 Å². The van der Waals surface area contributed by atoms with Crippen LogP contribution in [0.4, 0.5) is 5.69 Å². The van der Waals surface area contributed by atoms with Gasteiger partial charge in [-0.3, -0.25) is 4.72 Å². The maximum atomic E-state index is 12.1. The average molecular weight is 281 g/mol. The molecular weight excluding hydrogens is 266 g/mol. The zero-order valence-electron chi connectivity index (χ0n) is 10.5. The zero-order chi connectivity index (χ0) is 13.9. The van der Waals surface area contributed by atoms with Gasteiger partial charge in [0.25, 0.3) is 10.0 Å². The highest BCUT2D eigenvalue weighted by Gasteiger charge is 2.19. The molecule has 2 N–H and O–H groups in total. The summed E-state index contributed by atoms with van der Waals surface area (Å²) < 4.78 is 31.8. The fourth-order valence-corrected chi connectivity index (χ4v) is 2.76. The standard InChI is InChI=1S/C13H15NO4S/c1-2-10-5-3-4-6-12(10)14-19(16,17)13-8-7-11(9-15)18-13/h3-8,14-15H,2,9H2,1H3. The molecule has 0 aliphatic carbocycles. The van der Waals surface area contributed by atoms with E-state index >= 15 is 0 Å². The van der Waals surface area contributed by atoms with Gasteiger partial charge < -0.3 is 9.52 Å². The molecule has 0 spiro atoms. The number of benzene rings is 1. The van der Waals surface area contributed by atoms with Crippen LogP contribution >= 0.6 is 0 Å². The van der Waals surface area contributed by atoms with E-state index in [1.54, 1.807) is 12.1 Å². The largest absolute Gasteiger partial charge is 0.445 e. The molecule has 0 unspecified atom stereocenters. The third-order valence-electron chi connectivity index (χ3n) is 2.70. The Hall–Kier alpha value is -1.79.